The predicted octanol–water partition coefficient (Wildman–Crippen LogP) is 1.92. The molecule has 1 saturated carbocycles. The van der Waals surface area contributed by atoms with E-state index in [1.165, 1.54) is 17.1 Å². The summed E-state index contributed by atoms with van der Waals surface area (Å²) in [6.45, 7) is 2.48. The molecule has 1 fully saturated rings. The number of aryl methyl sites for hydroxylation is 1. The number of benzene rings is 1. The fourth-order valence-electron chi connectivity index (χ4n) is 4.64. The Morgan fingerprint density at radius 2 is 1.94 bits per heavy atom. The Kier molecular flexibility index (Phi) is 4.87. The van der Waals surface area contributed by atoms with Crippen LogP contribution in [0.4, 0.5) is 13.2 Å². The van der Waals surface area contributed by atoms with Crippen molar-refractivity contribution in [3.63, 3.8) is 0 Å². The van der Waals surface area contributed by atoms with Gasteiger partial charge < -0.3 is 24.8 Å². The normalized spacial score (nSPS) is 25.7. The fraction of sp³-hybridized carbons (Fsp3) is 0.429. The molecule has 0 spiro atoms. The van der Waals surface area contributed by atoms with Gasteiger partial charge in [0.2, 0.25) is 0 Å². The molecule has 5 rings (SSSR count). The van der Waals surface area contributed by atoms with E-state index in [1.54, 1.807) is 6.92 Å². The van der Waals surface area contributed by atoms with E-state index >= 15 is 0 Å². The van der Waals surface area contributed by atoms with Gasteiger partial charge in [-0.1, -0.05) is 0 Å². The van der Waals surface area contributed by atoms with Gasteiger partial charge in [0.15, 0.2) is 17.5 Å². The third kappa shape index (κ3) is 3.17. The Morgan fingerprint density at radius 3 is 2.74 bits per heavy atom. The van der Waals surface area contributed by atoms with E-state index < -0.39 is 41.8 Å². The van der Waals surface area contributed by atoms with Crippen LogP contribution < -0.4 is 10.1 Å². The van der Waals surface area contributed by atoms with Crippen molar-refractivity contribution in [1.29, 1.82) is 0 Å². The van der Waals surface area contributed by atoms with Gasteiger partial charge in [-0.05, 0) is 19.9 Å². The molecule has 1 aliphatic heterocycles. The van der Waals surface area contributed by atoms with Crippen molar-refractivity contribution in [3.8, 4) is 5.75 Å². The Hall–Kier alpha value is -2.69. The first-order valence-electron chi connectivity index (χ1n) is 10.1. The van der Waals surface area contributed by atoms with Crippen molar-refractivity contribution in [2.24, 2.45) is 0 Å². The SMILES string of the molecule is Cc1ncnc2c1c(F)cn2[C@@H]1C[C@H](Oc2cc(F)c(F)c3c2CNCC3)[C@@H](O)[C@H]1O. The highest BCUT2D eigenvalue weighted by molar-refractivity contribution is 5.79. The van der Waals surface area contributed by atoms with Crippen molar-refractivity contribution in [1.82, 2.24) is 19.9 Å². The zero-order valence-corrected chi connectivity index (χ0v) is 16.6. The lowest BCUT2D eigenvalue weighted by molar-refractivity contribution is -0.0167. The largest absolute Gasteiger partial charge is 0.487 e. The smallest absolute Gasteiger partial charge is 0.162 e. The van der Waals surface area contributed by atoms with Gasteiger partial charge in [-0.15, -0.1) is 0 Å². The minimum absolute atomic E-state index is 0.121. The maximum Gasteiger partial charge on any atom is 0.162 e. The van der Waals surface area contributed by atoms with Crippen LogP contribution in [0.15, 0.2) is 18.6 Å². The molecule has 2 aliphatic rings. The molecule has 1 aromatic carbocycles. The number of hydrogen-bond donors (Lipinski definition) is 3. The standard InChI is InChI=1S/C21H21F3N4O3/c1-9-17-13(23)7-28(21(17)27-8-26-9)14-5-16(20(30)19(14)29)31-15-4-12(22)18(24)10-2-3-25-6-11(10)15/h4,7-8,14,16,19-20,25,29-30H,2-3,5-6H2,1H3/t14-,16+,19+,20-/m1/s1. The molecular formula is C21H21F3N4O3. The van der Waals surface area contributed by atoms with Crippen LogP contribution in [0.2, 0.25) is 0 Å². The molecule has 0 unspecified atom stereocenters. The fourth-order valence-corrected chi connectivity index (χ4v) is 4.64. The van der Waals surface area contributed by atoms with Gasteiger partial charge >= 0.3 is 0 Å². The summed E-state index contributed by atoms with van der Waals surface area (Å²) in [5, 5.41) is 24.6. The van der Waals surface area contributed by atoms with Crippen molar-refractivity contribution in [2.45, 2.75) is 50.7 Å². The Morgan fingerprint density at radius 1 is 1.13 bits per heavy atom. The quantitative estimate of drug-likeness (QED) is 0.584. The molecule has 0 radical (unpaired) electrons. The maximum atomic E-state index is 14.5. The number of aliphatic hydroxyl groups is 2. The van der Waals surface area contributed by atoms with Gasteiger partial charge in [0.05, 0.1) is 17.1 Å². The lowest BCUT2D eigenvalue weighted by atomic mass is 9.99. The van der Waals surface area contributed by atoms with E-state index in [2.05, 4.69) is 15.3 Å². The number of nitrogens with zero attached hydrogens (tertiary/aromatic N) is 3. The van der Waals surface area contributed by atoms with Gasteiger partial charge in [-0.25, -0.2) is 23.1 Å². The molecule has 2 aromatic heterocycles. The van der Waals surface area contributed by atoms with Gasteiger partial charge in [0.25, 0.3) is 0 Å². The van der Waals surface area contributed by atoms with Crippen molar-refractivity contribution >= 4 is 11.0 Å². The Labute approximate surface area is 175 Å². The Bertz CT molecular complexity index is 1170. The van der Waals surface area contributed by atoms with Crippen LogP contribution in [0.1, 0.15) is 29.3 Å². The van der Waals surface area contributed by atoms with E-state index in [-0.39, 0.29) is 23.1 Å². The molecule has 0 amide bonds. The van der Waals surface area contributed by atoms with Crippen LogP contribution in [0.25, 0.3) is 11.0 Å². The summed E-state index contributed by atoms with van der Waals surface area (Å²) in [5.41, 5.74) is 1.51. The highest BCUT2D eigenvalue weighted by Gasteiger charge is 2.45. The minimum Gasteiger partial charge on any atom is -0.487 e. The summed E-state index contributed by atoms with van der Waals surface area (Å²) in [5.74, 6) is -2.32. The number of aliphatic hydroxyl groups excluding tert-OH is 2. The second-order valence-corrected chi connectivity index (χ2v) is 8.04. The molecule has 10 heteroatoms. The zero-order chi connectivity index (χ0) is 21.9. The number of aromatic nitrogens is 3. The minimum atomic E-state index is -1.31. The van der Waals surface area contributed by atoms with Gasteiger partial charge in [0, 0.05) is 36.4 Å². The van der Waals surface area contributed by atoms with E-state index in [1.807, 2.05) is 0 Å². The van der Waals surface area contributed by atoms with E-state index in [4.69, 9.17) is 4.74 Å². The first kappa shape index (κ1) is 20.2. The monoisotopic (exact) mass is 434 g/mol. The second kappa shape index (κ2) is 7.47. The number of hydrogen-bond acceptors (Lipinski definition) is 6. The average Bonchev–Trinajstić information content (AvgIpc) is 3.24. The molecule has 3 aromatic rings. The van der Waals surface area contributed by atoms with Crippen LogP contribution in [-0.4, -0.2) is 49.6 Å². The van der Waals surface area contributed by atoms with E-state index in [9.17, 15) is 23.4 Å². The molecule has 3 N–H and O–H groups in total. The van der Waals surface area contributed by atoms with E-state index in [0.29, 0.717) is 36.4 Å². The topological polar surface area (TPSA) is 92.4 Å². The third-order valence-corrected chi connectivity index (χ3v) is 6.23. The zero-order valence-electron chi connectivity index (χ0n) is 16.6. The van der Waals surface area contributed by atoms with Crippen LogP contribution in [0.5, 0.6) is 5.75 Å². The predicted molar refractivity (Wildman–Crippen MR) is 104 cm³/mol. The van der Waals surface area contributed by atoms with Crippen molar-refractivity contribution in [2.75, 3.05) is 6.54 Å². The molecular weight excluding hydrogens is 413 g/mol. The Balaban J connectivity index is 1.48. The molecule has 164 valence electrons. The van der Waals surface area contributed by atoms with E-state index in [0.717, 1.165) is 6.07 Å². The average molecular weight is 434 g/mol. The third-order valence-electron chi connectivity index (χ3n) is 6.23. The molecule has 0 bridgehead atoms. The lowest BCUT2D eigenvalue weighted by Crippen LogP contribution is -2.35. The summed E-state index contributed by atoms with van der Waals surface area (Å²) < 4.78 is 50.2. The highest BCUT2D eigenvalue weighted by Crippen LogP contribution is 2.38. The van der Waals surface area contributed by atoms with Crippen molar-refractivity contribution < 1.29 is 28.1 Å². The second-order valence-electron chi connectivity index (χ2n) is 8.04. The van der Waals surface area contributed by atoms with Gasteiger partial charge in [-0.3, -0.25) is 0 Å². The summed E-state index contributed by atoms with van der Waals surface area (Å²) in [7, 11) is 0. The van der Waals surface area contributed by atoms with Crippen LogP contribution in [0, 0.1) is 24.4 Å². The number of rotatable bonds is 3. The number of fused-ring (bicyclic) bond motifs is 2. The molecule has 7 nitrogen and oxygen atoms in total. The molecule has 4 atom stereocenters. The summed E-state index contributed by atoms with van der Waals surface area (Å²) in [6.07, 6.45) is -0.516. The first-order chi connectivity index (χ1) is 14.9. The molecule has 0 saturated heterocycles. The summed E-state index contributed by atoms with van der Waals surface area (Å²) in [6, 6.07) is 0.245. The lowest BCUT2D eigenvalue weighted by Gasteiger charge is -2.25. The highest BCUT2D eigenvalue weighted by atomic mass is 19.2. The van der Waals surface area contributed by atoms with Crippen molar-refractivity contribution in [3.05, 3.63) is 52.9 Å². The van der Waals surface area contributed by atoms with Gasteiger partial charge in [0.1, 0.15) is 36.0 Å². The number of halogens is 3. The van der Waals surface area contributed by atoms with Crippen LogP contribution >= 0.6 is 0 Å². The molecule has 3 heterocycles. The first-order valence-corrected chi connectivity index (χ1v) is 10.1. The van der Waals surface area contributed by atoms with Crippen LogP contribution in [0.3, 0.4) is 0 Å². The summed E-state index contributed by atoms with van der Waals surface area (Å²) >= 11 is 0. The summed E-state index contributed by atoms with van der Waals surface area (Å²) in [4.78, 5) is 8.13. The number of nitrogens with one attached hydrogen (secondary N) is 1. The maximum absolute atomic E-state index is 14.5. The molecule has 31 heavy (non-hydrogen) atoms. The molecule has 1 aliphatic carbocycles. The van der Waals surface area contributed by atoms with Crippen LogP contribution in [-0.2, 0) is 13.0 Å². The van der Waals surface area contributed by atoms with Gasteiger partial charge in [-0.2, -0.15) is 0 Å². The number of ether oxygens (including phenoxy) is 1.